The third kappa shape index (κ3) is 6.37. The van der Waals surface area contributed by atoms with Crippen LogP contribution >= 0.6 is 0 Å². The van der Waals surface area contributed by atoms with Gasteiger partial charge in [0.05, 0.1) is 6.10 Å². The second kappa shape index (κ2) is 10.6. The summed E-state index contributed by atoms with van der Waals surface area (Å²) in [5.41, 5.74) is 1.23. The van der Waals surface area contributed by atoms with E-state index in [1.165, 1.54) is 0 Å². The average Bonchev–Trinajstić information content (AvgIpc) is 2.79. The first-order valence-electron chi connectivity index (χ1n) is 11.0. The van der Waals surface area contributed by atoms with Crippen molar-refractivity contribution in [3.63, 3.8) is 0 Å². The summed E-state index contributed by atoms with van der Waals surface area (Å²) in [5, 5.41) is 5.86. The third-order valence-electron chi connectivity index (χ3n) is 5.47. The number of alkyl halides is 3. The van der Waals surface area contributed by atoms with Crippen molar-refractivity contribution in [2.45, 2.75) is 58.7 Å². The van der Waals surface area contributed by atoms with Gasteiger partial charge in [0.1, 0.15) is 17.1 Å². The van der Waals surface area contributed by atoms with Gasteiger partial charge in [0.15, 0.2) is 0 Å². The molecule has 8 heteroatoms. The number of nitrogens with zero attached hydrogens (tertiary/aromatic N) is 2. The maximum atomic E-state index is 13.7. The van der Waals surface area contributed by atoms with E-state index in [1.807, 2.05) is 39.8 Å². The number of hydrogen-bond donors (Lipinski definition) is 2. The molecule has 0 aliphatic rings. The first-order chi connectivity index (χ1) is 15.7. The van der Waals surface area contributed by atoms with E-state index in [0.29, 0.717) is 17.1 Å². The SMILES string of the molecule is CCC(C)Oc1ccc(Nc2ncc(C(F)(F)F)c(Nc3ccccc3C(C)CC)n2)cc1. The lowest BCUT2D eigenvalue weighted by Crippen LogP contribution is -2.13. The van der Waals surface area contributed by atoms with Crippen LogP contribution in [0.3, 0.4) is 0 Å². The Morgan fingerprint density at radius 3 is 2.27 bits per heavy atom. The zero-order valence-corrected chi connectivity index (χ0v) is 19.2. The minimum absolute atomic E-state index is 0.0575. The van der Waals surface area contributed by atoms with Gasteiger partial charge in [0.2, 0.25) is 5.95 Å². The zero-order valence-electron chi connectivity index (χ0n) is 19.2. The van der Waals surface area contributed by atoms with Gasteiger partial charge in [-0.3, -0.25) is 0 Å². The standard InChI is InChI=1S/C25H29F3N4O/c1-5-16(3)20-9-7-8-10-22(20)31-23-21(25(26,27)28)15-29-24(32-23)30-18-11-13-19(14-12-18)33-17(4)6-2/h7-17H,5-6H2,1-4H3,(H2,29,30,31,32). The summed E-state index contributed by atoms with van der Waals surface area (Å²) >= 11 is 0. The number of nitrogens with one attached hydrogen (secondary N) is 2. The molecule has 1 heterocycles. The zero-order chi connectivity index (χ0) is 24.0. The fourth-order valence-corrected chi connectivity index (χ4v) is 3.19. The minimum Gasteiger partial charge on any atom is -0.491 e. The van der Waals surface area contributed by atoms with Gasteiger partial charge in [-0.05, 0) is 61.6 Å². The summed E-state index contributed by atoms with van der Waals surface area (Å²) in [6.07, 6.45) is -1.97. The Morgan fingerprint density at radius 2 is 1.64 bits per heavy atom. The minimum atomic E-state index is -4.60. The number of benzene rings is 2. The highest BCUT2D eigenvalue weighted by molar-refractivity contribution is 5.66. The topological polar surface area (TPSA) is 59.1 Å². The van der Waals surface area contributed by atoms with Crippen LogP contribution in [0.4, 0.5) is 36.3 Å². The second-order valence-electron chi connectivity index (χ2n) is 7.96. The molecule has 0 spiro atoms. The van der Waals surface area contributed by atoms with Crippen molar-refractivity contribution in [3.8, 4) is 5.75 Å². The Balaban J connectivity index is 1.89. The number of para-hydroxylation sites is 1. The molecule has 0 amide bonds. The third-order valence-corrected chi connectivity index (χ3v) is 5.47. The van der Waals surface area contributed by atoms with E-state index in [0.717, 1.165) is 24.6 Å². The van der Waals surface area contributed by atoms with E-state index in [2.05, 4.69) is 20.6 Å². The maximum Gasteiger partial charge on any atom is 0.421 e. The van der Waals surface area contributed by atoms with Crippen molar-refractivity contribution in [3.05, 3.63) is 65.9 Å². The van der Waals surface area contributed by atoms with Crippen LogP contribution in [-0.2, 0) is 6.18 Å². The quantitative estimate of drug-likeness (QED) is 0.344. The fourth-order valence-electron chi connectivity index (χ4n) is 3.19. The molecule has 3 aromatic rings. The number of ether oxygens (including phenoxy) is 1. The molecule has 0 saturated heterocycles. The van der Waals surface area contributed by atoms with Gasteiger partial charge in [0, 0.05) is 17.6 Å². The molecule has 2 atom stereocenters. The molecule has 0 bridgehead atoms. The van der Waals surface area contributed by atoms with Gasteiger partial charge in [-0.15, -0.1) is 0 Å². The van der Waals surface area contributed by atoms with E-state index in [9.17, 15) is 13.2 Å². The van der Waals surface area contributed by atoms with Crippen LogP contribution in [0.25, 0.3) is 0 Å². The Labute approximate surface area is 192 Å². The molecule has 1 aromatic heterocycles. The average molecular weight is 459 g/mol. The first kappa shape index (κ1) is 24.4. The molecule has 2 aromatic carbocycles. The van der Waals surface area contributed by atoms with E-state index in [4.69, 9.17) is 4.74 Å². The summed E-state index contributed by atoms with van der Waals surface area (Å²) in [4.78, 5) is 8.04. The summed E-state index contributed by atoms with van der Waals surface area (Å²) in [6.45, 7) is 8.09. The van der Waals surface area contributed by atoms with Crippen LogP contribution in [0, 0.1) is 0 Å². The van der Waals surface area contributed by atoms with Crippen LogP contribution in [0.1, 0.15) is 57.6 Å². The number of aromatic nitrogens is 2. The predicted molar refractivity (Wildman–Crippen MR) is 126 cm³/mol. The van der Waals surface area contributed by atoms with E-state index >= 15 is 0 Å². The maximum absolute atomic E-state index is 13.7. The Morgan fingerprint density at radius 1 is 0.939 bits per heavy atom. The highest BCUT2D eigenvalue weighted by Crippen LogP contribution is 2.37. The van der Waals surface area contributed by atoms with E-state index in [1.54, 1.807) is 36.4 Å². The number of anilines is 4. The van der Waals surface area contributed by atoms with Crippen LogP contribution in [0.2, 0.25) is 0 Å². The van der Waals surface area contributed by atoms with Crippen LogP contribution in [-0.4, -0.2) is 16.1 Å². The lowest BCUT2D eigenvalue weighted by molar-refractivity contribution is -0.137. The van der Waals surface area contributed by atoms with Crippen molar-refractivity contribution in [2.75, 3.05) is 10.6 Å². The lowest BCUT2D eigenvalue weighted by Gasteiger charge is -2.19. The van der Waals surface area contributed by atoms with E-state index in [-0.39, 0.29) is 23.8 Å². The van der Waals surface area contributed by atoms with Gasteiger partial charge in [0.25, 0.3) is 0 Å². The van der Waals surface area contributed by atoms with Gasteiger partial charge in [-0.1, -0.05) is 39.0 Å². The van der Waals surface area contributed by atoms with Crippen molar-refractivity contribution in [2.24, 2.45) is 0 Å². The molecule has 176 valence electrons. The molecule has 0 fully saturated rings. The number of hydrogen-bond acceptors (Lipinski definition) is 5. The second-order valence-corrected chi connectivity index (χ2v) is 7.96. The van der Waals surface area contributed by atoms with Gasteiger partial charge in [-0.2, -0.15) is 18.2 Å². The fraction of sp³-hybridized carbons (Fsp3) is 0.360. The summed E-state index contributed by atoms with van der Waals surface area (Å²) in [5.74, 6) is 0.653. The number of halogens is 3. The lowest BCUT2D eigenvalue weighted by atomic mass is 9.97. The van der Waals surface area contributed by atoms with Crippen molar-refractivity contribution < 1.29 is 17.9 Å². The van der Waals surface area contributed by atoms with Crippen LogP contribution in [0.5, 0.6) is 5.75 Å². The molecule has 0 radical (unpaired) electrons. The molecule has 3 rings (SSSR count). The molecule has 33 heavy (non-hydrogen) atoms. The number of rotatable bonds is 9. The predicted octanol–water partition coefficient (Wildman–Crippen LogP) is 7.67. The largest absolute Gasteiger partial charge is 0.491 e. The molecular weight excluding hydrogens is 429 g/mol. The van der Waals surface area contributed by atoms with Crippen LogP contribution in [0.15, 0.2) is 54.7 Å². The molecule has 0 aliphatic heterocycles. The summed E-state index contributed by atoms with van der Waals surface area (Å²) < 4.78 is 46.7. The van der Waals surface area contributed by atoms with Crippen molar-refractivity contribution in [1.82, 2.24) is 9.97 Å². The van der Waals surface area contributed by atoms with Gasteiger partial charge >= 0.3 is 6.18 Å². The first-order valence-corrected chi connectivity index (χ1v) is 11.0. The van der Waals surface area contributed by atoms with Crippen LogP contribution < -0.4 is 15.4 Å². The summed E-state index contributed by atoms with van der Waals surface area (Å²) in [7, 11) is 0. The van der Waals surface area contributed by atoms with Crippen molar-refractivity contribution in [1.29, 1.82) is 0 Å². The molecule has 2 N–H and O–H groups in total. The Hall–Kier alpha value is -3.29. The van der Waals surface area contributed by atoms with E-state index < -0.39 is 11.7 Å². The smallest absolute Gasteiger partial charge is 0.421 e. The Kier molecular flexibility index (Phi) is 7.79. The summed E-state index contributed by atoms with van der Waals surface area (Å²) in [6, 6.07) is 14.4. The normalized spacial score (nSPS) is 13.3. The molecule has 0 aliphatic carbocycles. The molecule has 5 nitrogen and oxygen atoms in total. The van der Waals surface area contributed by atoms with Crippen molar-refractivity contribution >= 4 is 23.1 Å². The molecule has 2 unspecified atom stereocenters. The Bertz CT molecular complexity index is 1050. The molecular formula is C25H29F3N4O. The van der Waals surface area contributed by atoms with Gasteiger partial charge < -0.3 is 15.4 Å². The highest BCUT2D eigenvalue weighted by atomic mass is 19.4. The molecule has 0 saturated carbocycles. The van der Waals surface area contributed by atoms with Gasteiger partial charge in [-0.25, -0.2) is 4.98 Å². The highest BCUT2D eigenvalue weighted by Gasteiger charge is 2.35. The monoisotopic (exact) mass is 458 g/mol.